The van der Waals surface area contributed by atoms with Gasteiger partial charge < -0.3 is 10.6 Å². The average Bonchev–Trinajstić information content (AvgIpc) is 2.59. The Hall–Kier alpha value is -1.01. The largest absolute Gasteiger partial charge is 0.331 e. The van der Waals surface area contributed by atoms with E-state index >= 15 is 0 Å². The lowest BCUT2D eigenvalue weighted by Crippen LogP contribution is -2.49. The number of carbonyl (C=O) groups excluding carboxylic acids is 1. The van der Waals surface area contributed by atoms with E-state index in [1.54, 1.807) is 4.90 Å². The second-order valence-electron chi connectivity index (χ2n) is 4.85. The Bertz CT molecular complexity index is 295. The van der Waals surface area contributed by atoms with Gasteiger partial charge in [-0.3, -0.25) is 4.79 Å². The average molecular weight is 222 g/mol. The molecule has 90 valence electrons. The van der Waals surface area contributed by atoms with Gasteiger partial charge in [0.25, 0.3) is 0 Å². The lowest BCUT2D eigenvalue weighted by molar-refractivity contribution is -0.141. The van der Waals surface area contributed by atoms with Crippen molar-refractivity contribution in [2.24, 2.45) is 11.1 Å². The minimum Gasteiger partial charge on any atom is -0.331 e. The van der Waals surface area contributed by atoms with Gasteiger partial charge in [-0.2, -0.15) is 0 Å². The molecule has 1 aliphatic carbocycles. The van der Waals surface area contributed by atoms with Crippen molar-refractivity contribution >= 4 is 5.91 Å². The molecule has 1 rings (SSSR count). The van der Waals surface area contributed by atoms with E-state index in [-0.39, 0.29) is 11.9 Å². The molecule has 3 nitrogen and oxygen atoms in total. The topological polar surface area (TPSA) is 46.3 Å². The molecule has 2 N–H and O–H groups in total. The van der Waals surface area contributed by atoms with Crippen LogP contribution in [0.4, 0.5) is 0 Å². The van der Waals surface area contributed by atoms with Crippen molar-refractivity contribution in [2.45, 2.75) is 45.6 Å². The van der Waals surface area contributed by atoms with Crippen molar-refractivity contribution in [1.29, 1.82) is 0 Å². The molecule has 0 saturated heterocycles. The standard InChI is InChI=1S/C13H22N2O/c1-4-9-15(10-5-2)12(16)13(3)8-6-7-11(13)14/h1,11H,5-10,14H2,2-3H3. The quantitative estimate of drug-likeness (QED) is 0.730. The number of amides is 1. The van der Waals surface area contributed by atoms with Crippen LogP contribution < -0.4 is 5.73 Å². The summed E-state index contributed by atoms with van der Waals surface area (Å²) in [6, 6.07) is -0.0165. The van der Waals surface area contributed by atoms with Crippen molar-refractivity contribution in [3.63, 3.8) is 0 Å². The van der Waals surface area contributed by atoms with Crippen LogP contribution in [0.1, 0.15) is 39.5 Å². The van der Waals surface area contributed by atoms with Crippen molar-refractivity contribution < 1.29 is 4.79 Å². The van der Waals surface area contributed by atoms with Gasteiger partial charge in [-0.15, -0.1) is 6.42 Å². The first-order valence-electron chi connectivity index (χ1n) is 6.04. The summed E-state index contributed by atoms with van der Waals surface area (Å²) in [5.41, 5.74) is 5.65. The number of hydrogen-bond donors (Lipinski definition) is 1. The Balaban J connectivity index is 2.77. The molecular weight excluding hydrogens is 200 g/mol. The molecule has 0 bridgehead atoms. The second-order valence-corrected chi connectivity index (χ2v) is 4.85. The number of terminal acetylenes is 1. The molecule has 3 heteroatoms. The van der Waals surface area contributed by atoms with E-state index in [2.05, 4.69) is 5.92 Å². The Morgan fingerprint density at radius 2 is 2.38 bits per heavy atom. The predicted octanol–water partition coefficient (Wildman–Crippen LogP) is 1.38. The van der Waals surface area contributed by atoms with Crippen LogP contribution in [0, 0.1) is 17.8 Å². The molecule has 1 aliphatic rings. The Morgan fingerprint density at radius 3 is 2.81 bits per heavy atom. The summed E-state index contributed by atoms with van der Waals surface area (Å²) in [5.74, 6) is 2.69. The fraction of sp³-hybridized carbons (Fsp3) is 0.769. The number of nitrogens with zero attached hydrogens (tertiary/aromatic N) is 1. The Labute approximate surface area is 98.4 Å². The first kappa shape index (κ1) is 13.1. The van der Waals surface area contributed by atoms with Crippen molar-refractivity contribution in [3.05, 3.63) is 0 Å². The third-order valence-corrected chi connectivity index (χ3v) is 3.58. The van der Waals surface area contributed by atoms with Gasteiger partial charge >= 0.3 is 0 Å². The second kappa shape index (κ2) is 5.36. The highest BCUT2D eigenvalue weighted by molar-refractivity contribution is 5.83. The van der Waals surface area contributed by atoms with Crippen LogP contribution in [0.15, 0.2) is 0 Å². The molecule has 1 saturated carbocycles. The maximum atomic E-state index is 12.4. The fourth-order valence-electron chi connectivity index (χ4n) is 2.45. The van der Waals surface area contributed by atoms with Gasteiger partial charge in [-0.05, 0) is 26.2 Å². The molecule has 0 heterocycles. The van der Waals surface area contributed by atoms with Gasteiger partial charge in [0.1, 0.15) is 0 Å². The lowest BCUT2D eigenvalue weighted by Gasteiger charge is -2.33. The van der Waals surface area contributed by atoms with Gasteiger partial charge in [0.2, 0.25) is 5.91 Å². The third kappa shape index (κ3) is 2.38. The normalized spacial score (nSPS) is 28.8. The molecule has 0 aromatic carbocycles. The Morgan fingerprint density at radius 1 is 1.69 bits per heavy atom. The molecule has 0 spiro atoms. The molecule has 0 aliphatic heterocycles. The fourth-order valence-corrected chi connectivity index (χ4v) is 2.45. The summed E-state index contributed by atoms with van der Waals surface area (Å²) in [6.07, 6.45) is 9.10. The van der Waals surface area contributed by atoms with Crippen LogP contribution in [0.2, 0.25) is 0 Å². The highest BCUT2D eigenvalue weighted by atomic mass is 16.2. The van der Waals surface area contributed by atoms with Crippen LogP contribution in [-0.2, 0) is 4.79 Å². The molecule has 1 fully saturated rings. The summed E-state index contributed by atoms with van der Waals surface area (Å²) in [6.45, 7) is 5.15. The van der Waals surface area contributed by atoms with Crippen molar-refractivity contribution in [1.82, 2.24) is 4.90 Å². The highest BCUT2D eigenvalue weighted by Crippen LogP contribution is 2.38. The van der Waals surface area contributed by atoms with Crippen LogP contribution in [0.5, 0.6) is 0 Å². The molecule has 0 radical (unpaired) electrons. The van der Waals surface area contributed by atoms with E-state index < -0.39 is 5.41 Å². The maximum absolute atomic E-state index is 12.4. The lowest BCUT2D eigenvalue weighted by atomic mass is 9.83. The van der Waals surface area contributed by atoms with E-state index in [1.165, 1.54) is 0 Å². The zero-order chi connectivity index (χ0) is 12.2. The van der Waals surface area contributed by atoms with Gasteiger partial charge in [0, 0.05) is 12.6 Å². The first-order valence-corrected chi connectivity index (χ1v) is 6.04. The van der Waals surface area contributed by atoms with E-state index in [4.69, 9.17) is 12.2 Å². The van der Waals surface area contributed by atoms with Gasteiger partial charge in [-0.1, -0.05) is 19.3 Å². The summed E-state index contributed by atoms with van der Waals surface area (Å²) >= 11 is 0. The number of nitrogens with two attached hydrogens (primary N) is 1. The van der Waals surface area contributed by atoms with Crippen molar-refractivity contribution in [2.75, 3.05) is 13.1 Å². The third-order valence-electron chi connectivity index (χ3n) is 3.58. The Kier molecular flexibility index (Phi) is 4.37. The summed E-state index contributed by atoms with van der Waals surface area (Å²) < 4.78 is 0. The van der Waals surface area contributed by atoms with E-state index in [1.807, 2.05) is 13.8 Å². The van der Waals surface area contributed by atoms with Crippen LogP contribution in [0.25, 0.3) is 0 Å². The van der Waals surface area contributed by atoms with Crippen molar-refractivity contribution in [3.8, 4) is 12.3 Å². The summed E-state index contributed by atoms with van der Waals surface area (Å²) in [4.78, 5) is 14.2. The number of rotatable bonds is 4. The zero-order valence-electron chi connectivity index (χ0n) is 10.3. The molecule has 0 aromatic rings. The molecule has 2 atom stereocenters. The minimum atomic E-state index is -0.397. The van der Waals surface area contributed by atoms with Crippen LogP contribution in [0.3, 0.4) is 0 Å². The number of hydrogen-bond acceptors (Lipinski definition) is 2. The molecule has 16 heavy (non-hydrogen) atoms. The zero-order valence-corrected chi connectivity index (χ0v) is 10.3. The number of carbonyl (C=O) groups is 1. The smallest absolute Gasteiger partial charge is 0.230 e. The molecular formula is C13H22N2O. The minimum absolute atomic E-state index is 0.0165. The maximum Gasteiger partial charge on any atom is 0.230 e. The summed E-state index contributed by atoms with van der Waals surface area (Å²) in [5, 5.41) is 0. The van der Waals surface area contributed by atoms with Gasteiger partial charge in [0.15, 0.2) is 0 Å². The van der Waals surface area contributed by atoms with Gasteiger partial charge in [0.05, 0.1) is 12.0 Å². The van der Waals surface area contributed by atoms with E-state index in [0.717, 1.165) is 32.2 Å². The summed E-state index contributed by atoms with van der Waals surface area (Å²) in [7, 11) is 0. The highest BCUT2D eigenvalue weighted by Gasteiger charge is 2.44. The monoisotopic (exact) mass is 222 g/mol. The molecule has 0 aromatic heterocycles. The predicted molar refractivity (Wildman–Crippen MR) is 65.6 cm³/mol. The van der Waals surface area contributed by atoms with Crippen LogP contribution >= 0.6 is 0 Å². The first-order chi connectivity index (χ1) is 7.56. The van der Waals surface area contributed by atoms with Crippen LogP contribution in [-0.4, -0.2) is 29.9 Å². The van der Waals surface area contributed by atoms with E-state index in [9.17, 15) is 4.79 Å². The molecule has 1 amide bonds. The van der Waals surface area contributed by atoms with Gasteiger partial charge in [-0.25, -0.2) is 0 Å². The van der Waals surface area contributed by atoms with E-state index in [0.29, 0.717) is 6.54 Å². The molecule has 2 unspecified atom stereocenters. The SMILES string of the molecule is C#CCN(CCC)C(=O)C1(C)CCCC1N.